The van der Waals surface area contributed by atoms with Gasteiger partial charge in [0.2, 0.25) is 11.8 Å². The van der Waals surface area contributed by atoms with Crippen molar-refractivity contribution in [1.82, 2.24) is 4.90 Å². The molecule has 4 atom stereocenters. The number of carboxylic acid groups (broad SMARTS) is 1. The van der Waals surface area contributed by atoms with Crippen molar-refractivity contribution in [2.75, 3.05) is 0 Å². The first-order valence-electron chi connectivity index (χ1n) is 13.0. The lowest BCUT2D eigenvalue weighted by Crippen LogP contribution is -2.55. The Kier molecular flexibility index (Phi) is 4.69. The molecule has 0 bridgehead atoms. The lowest BCUT2D eigenvalue weighted by atomic mass is 9.61. The summed E-state index contributed by atoms with van der Waals surface area (Å²) in [6.45, 7) is 8.55. The molecule has 1 aromatic rings. The summed E-state index contributed by atoms with van der Waals surface area (Å²) < 4.78 is 28.0. The molecule has 1 aromatic carbocycles. The van der Waals surface area contributed by atoms with Crippen LogP contribution in [0.25, 0.3) is 0 Å². The van der Waals surface area contributed by atoms with Crippen molar-refractivity contribution in [3.05, 3.63) is 46.1 Å². The first kappa shape index (κ1) is 24.4. The summed E-state index contributed by atoms with van der Waals surface area (Å²) in [5.74, 6) is -3.82. The number of allylic oxidation sites excluding steroid dienone is 1. The van der Waals surface area contributed by atoms with Gasteiger partial charge in [0.15, 0.2) is 0 Å². The number of nitrogens with zero attached hydrogens (tertiary/aromatic N) is 1. The summed E-state index contributed by atoms with van der Waals surface area (Å²) in [5, 5.41) is 10.3. The number of benzene rings is 1. The molecule has 1 aliphatic heterocycles. The summed E-state index contributed by atoms with van der Waals surface area (Å²) in [6.07, 6.45) is 5.20. The van der Waals surface area contributed by atoms with E-state index in [0.29, 0.717) is 24.3 Å². The van der Waals surface area contributed by atoms with E-state index < -0.39 is 28.3 Å². The molecule has 0 radical (unpaired) electrons. The fraction of sp³-hybridized carbons (Fsp3) is 0.655. The van der Waals surface area contributed by atoms with Crippen LogP contribution in [0.15, 0.2) is 30.0 Å². The maximum atomic E-state index is 14.0. The molecule has 6 rings (SSSR count). The second kappa shape index (κ2) is 6.92. The molecule has 1 heterocycles. The van der Waals surface area contributed by atoms with E-state index in [1.54, 1.807) is 4.90 Å². The van der Waals surface area contributed by atoms with Gasteiger partial charge in [0.05, 0.1) is 11.0 Å². The van der Waals surface area contributed by atoms with Gasteiger partial charge in [-0.1, -0.05) is 51.4 Å². The third-order valence-corrected chi connectivity index (χ3v) is 10.6. The number of aryl methyl sites for hydroxylation is 1. The number of aliphatic carboxylic acids is 1. The van der Waals surface area contributed by atoms with Crippen LogP contribution in [0.2, 0.25) is 5.02 Å². The van der Waals surface area contributed by atoms with E-state index in [-0.39, 0.29) is 41.9 Å². The molecule has 0 saturated heterocycles. The normalized spacial score (nSPS) is 38.4. The molecule has 4 nitrogen and oxygen atoms in total. The second-order valence-corrected chi connectivity index (χ2v) is 14.1. The van der Waals surface area contributed by atoms with Gasteiger partial charge < -0.3 is 10.0 Å². The van der Waals surface area contributed by atoms with E-state index in [9.17, 15) is 23.5 Å². The Labute approximate surface area is 216 Å². The zero-order valence-electron chi connectivity index (χ0n) is 21.4. The summed E-state index contributed by atoms with van der Waals surface area (Å²) in [6, 6.07) is 5.95. The van der Waals surface area contributed by atoms with Crippen molar-refractivity contribution in [2.45, 2.75) is 95.9 Å². The molecule has 1 amide bonds. The number of rotatable bonds is 6. The zero-order chi connectivity index (χ0) is 26.1. The van der Waals surface area contributed by atoms with Crippen LogP contribution in [0.5, 0.6) is 0 Å². The lowest BCUT2D eigenvalue weighted by molar-refractivity contribution is -0.152. The van der Waals surface area contributed by atoms with Crippen LogP contribution in [-0.4, -0.2) is 33.3 Å². The Morgan fingerprint density at radius 2 is 1.89 bits per heavy atom. The number of halogens is 3. The van der Waals surface area contributed by atoms with Crippen LogP contribution in [0.4, 0.5) is 8.78 Å². The molecule has 1 spiro atoms. The summed E-state index contributed by atoms with van der Waals surface area (Å²) in [4.78, 5) is 27.2. The highest BCUT2D eigenvalue weighted by atomic mass is 35.5. The first-order valence-corrected chi connectivity index (χ1v) is 13.4. The number of carbonyl (C=O) groups excluding carboxylic acids is 1. The number of hydrogen-bond donors (Lipinski definition) is 1. The lowest BCUT2D eigenvalue weighted by Gasteiger charge is -2.50. The maximum Gasteiger partial charge on any atom is 0.310 e. The molecule has 1 N–H and O–H groups in total. The molecule has 5 aliphatic rings. The standard InChI is InChI=1S/C29H34ClF2NO3/c1-24(2,3)8-7-17-5-6-19(9-21(17)30)25(4)12-22(34)33(13-20(25)18-10-29(31,32)11-18)28-15-26(23(35)36)14-27(26,28)16-28/h5-6,9,13,18H,7-8,10-12,14-16H2,1-4H3,(H,35,36)/t25-,26?,27?,28?/m0/s1. The average Bonchev–Trinajstić information content (AvgIpc) is 3.51. The number of amides is 1. The summed E-state index contributed by atoms with van der Waals surface area (Å²) >= 11 is 6.71. The number of carbonyl (C=O) groups is 2. The highest BCUT2D eigenvalue weighted by Gasteiger charge is 3.01. The van der Waals surface area contributed by atoms with Gasteiger partial charge in [0, 0.05) is 41.3 Å². The number of alkyl halides is 2. The molecule has 7 heteroatoms. The summed E-state index contributed by atoms with van der Waals surface area (Å²) in [5.41, 5.74) is 0.822. The Hall–Kier alpha value is -1.95. The minimum atomic E-state index is -2.68. The maximum absolute atomic E-state index is 14.0. The van der Waals surface area contributed by atoms with Gasteiger partial charge in [-0.15, -0.1) is 0 Å². The van der Waals surface area contributed by atoms with Crippen molar-refractivity contribution in [2.24, 2.45) is 22.2 Å². The van der Waals surface area contributed by atoms with Crippen molar-refractivity contribution in [3.8, 4) is 0 Å². The van der Waals surface area contributed by atoms with E-state index in [2.05, 4.69) is 20.8 Å². The summed E-state index contributed by atoms with van der Waals surface area (Å²) in [7, 11) is 0. The third-order valence-electron chi connectivity index (χ3n) is 10.3. The van der Waals surface area contributed by atoms with Gasteiger partial charge in [-0.3, -0.25) is 9.59 Å². The predicted octanol–water partition coefficient (Wildman–Crippen LogP) is 6.75. The molecule has 4 fully saturated rings. The topological polar surface area (TPSA) is 57.6 Å². The molecular weight excluding hydrogens is 484 g/mol. The van der Waals surface area contributed by atoms with Crippen LogP contribution in [0.3, 0.4) is 0 Å². The van der Waals surface area contributed by atoms with Gasteiger partial charge in [-0.25, -0.2) is 8.78 Å². The average molecular weight is 518 g/mol. The van der Waals surface area contributed by atoms with Crippen LogP contribution in [0.1, 0.15) is 83.8 Å². The Morgan fingerprint density at radius 3 is 2.42 bits per heavy atom. The van der Waals surface area contributed by atoms with E-state index in [1.807, 2.05) is 31.3 Å². The van der Waals surface area contributed by atoms with E-state index >= 15 is 0 Å². The van der Waals surface area contributed by atoms with Crippen LogP contribution >= 0.6 is 11.6 Å². The van der Waals surface area contributed by atoms with Crippen LogP contribution in [0, 0.1) is 22.2 Å². The Morgan fingerprint density at radius 1 is 1.19 bits per heavy atom. The molecule has 194 valence electrons. The Bertz CT molecular complexity index is 1230. The molecule has 36 heavy (non-hydrogen) atoms. The third kappa shape index (κ3) is 3.09. The molecular formula is C29H34ClF2NO3. The van der Waals surface area contributed by atoms with Gasteiger partial charge >= 0.3 is 5.97 Å². The first-order chi connectivity index (χ1) is 16.6. The van der Waals surface area contributed by atoms with Gasteiger partial charge in [0.1, 0.15) is 0 Å². The molecule has 4 aliphatic carbocycles. The van der Waals surface area contributed by atoms with Gasteiger partial charge in [-0.05, 0) is 66.2 Å². The van der Waals surface area contributed by atoms with E-state index in [0.717, 1.165) is 29.5 Å². The number of carboxylic acids is 1. The molecule has 4 saturated carbocycles. The van der Waals surface area contributed by atoms with Crippen molar-refractivity contribution in [1.29, 1.82) is 0 Å². The Balaban J connectivity index is 1.33. The van der Waals surface area contributed by atoms with Crippen molar-refractivity contribution >= 4 is 23.5 Å². The van der Waals surface area contributed by atoms with Crippen LogP contribution < -0.4 is 0 Å². The van der Waals surface area contributed by atoms with E-state index in [4.69, 9.17) is 11.6 Å². The molecule has 3 unspecified atom stereocenters. The monoisotopic (exact) mass is 517 g/mol. The van der Waals surface area contributed by atoms with Crippen molar-refractivity contribution < 1.29 is 23.5 Å². The number of hydrogen-bond acceptors (Lipinski definition) is 2. The van der Waals surface area contributed by atoms with Crippen LogP contribution in [-0.2, 0) is 21.4 Å². The van der Waals surface area contributed by atoms with E-state index in [1.165, 1.54) is 0 Å². The minimum absolute atomic E-state index is 0.0528. The van der Waals surface area contributed by atoms with Crippen molar-refractivity contribution in [3.63, 3.8) is 0 Å². The van der Waals surface area contributed by atoms with Gasteiger partial charge in [-0.2, -0.15) is 0 Å². The second-order valence-electron chi connectivity index (χ2n) is 13.7. The SMILES string of the molecule is CC(C)(C)CCc1ccc([C@]2(C)CC(=O)N(C34CC5(C(=O)O)CC53C4)C=C2C2CC(F)(F)C2)cc1Cl. The minimum Gasteiger partial charge on any atom is -0.481 e. The predicted molar refractivity (Wildman–Crippen MR) is 133 cm³/mol. The zero-order valence-corrected chi connectivity index (χ0v) is 22.1. The smallest absolute Gasteiger partial charge is 0.310 e. The quantitative estimate of drug-likeness (QED) is 0.454. The highest BCUT2D eigenvalue weighted by molar-refractivity contribution is 6.31. The highest BCUT2D eigenvalue weighted by Crippen LogP contribution is 2.97. The molecule has 0 aromatic heterocycles. The fourth-order valence-electron chi connectivity index (χ4n) is 7.89. The fourth-order valence-corrected chi connectivity index (χ4v) is 8.17. The van der Waals surface area contributed by atoms with Gasteiger partial charge in [0.25, 0.3) is 0 Å². The largest absolute Gasteiger partial charge is 0.481 e.